The van der Waals surface area contributed by atoms with Crippen LogP contribution in [-0.4, -0.2) is 27.1 Å². The van der Waals surface area contributed by atoms with Crippen molar-refractivity contribution in [1.29, 1.82) is 0 Å². The van der Waals surface area contributed by atoms with Gasteiger partial charge in [0.25, 0.3) is 0 Å². The van der Waals surface area contributed by atoms with Crippen LogP contribution in [-0.2, 0) is 0 Å². The van der Waals surface area contributed by atoms with Crippen molar-refractivity contribution in [1.82, 2.24) is 0 Å². The van der Waals surface area contributed by atoms with Gasteiger partial charge in [0.1, 0.15) is 6.10 Å². The van der Waals surface area contributed by atoms with E-state index in [1.54, 1.807) is 0 Å². The molecule has 0 amide bonds. The Balaban J connectivity index is 3.07. The first-order valence-corrected chi connectivity index (χ1v) is 4.86. The van der Waals surface area contributed by atoms with Gasteiger partial charge in [0.2, 0.25) is 5.82 Å². The van der Waals surface area contributed by atoms with Crippen LogP contribution in [0.2, 0.25) is 0 Å². The topological polar surface area (TPSA) is 83.6 Å². The molecular formula is C9H9ClFNO4. The van der Waals surface area contributed by atoms with Crippen molar-refractivity contribution in [2.75, 3.05) is 5.88 Å². The minimum Gasteiger partial charge on any atom is -0.389 e. The van der Waals surface area contributed by atoms with Crippen molar-refractivity contribution in [3.05, 3.63) is 39.7 Å². The molecule has 0 aliphatic rings. The lowest BCUT2D eigenvalue weighted by atomic mass is 10.0. The van der Waals surface area contributed by atoms with Crippen LogP contribution < -0.4 is 0 Å². The molecule has 2 unspecified atom stereocenters. The molecule has 1 rings (SSSR count). The molecule has 1 aromatic rings. The number of rotatable bonds is 4. The number of alkyl halides is 1. The van der Waals surface area contributed by atoms with E-state index in [1.807, 2.05) is 0 Å². The lowest BCUT2D eigenvalue weighted by Gasteiger charge is -2.15. The Labute approximate surface area is 95.2 Å². The SMILES string of the molecule is O=[N+]([O-])c1cc(C(O)C(O)CCl)ccc1F. The zero-order valence-corrected chi connectivity index (χ0v) is 8.76. The van der Waals surface area contributed by atoms with Gasteiger partial charge in [-0.1, -0.05) is 6.07 Å². The summed E-state index contributed by atoms with van der Waals surface area (Å²) in [6.45, 7) is 0. The average molecular weight is 250 g/mol. The fraction of sp³-hybridized carbons (Fsp3) is 0.333. The van der Waals surface area contributed by atoms with Crippen molar-refractivity contribution in [3.8, 4) is 0 Å². The van der Waals surface area contributed by atoms with E-state index < -0.39 is 28.6 Å². The summed E-state index contributed by atoms with van der Waals surface area (Å²) < 4.78 is 13.0. The molecule has 7 heteroatoms. The fourth-order valence-electron chi connectivity index (χ4n) is 1.16. The predicted molar refractivity (Wildman–Crippen MR) is 54.7 cm³/mol. The Morgan fingerprint density at radius 2 is 2.12 bits per heavy atom. The van der Waals surface area contributed by atoms with Crippen LogP contribution in [0.5, 0.6) is 0 Å². The molecule has 0 spiro atoms. The predicted octanol–water partition coefficient (Wildman–Crippen LogP) is 1.37. The summed E-state index contributed by atoms with van der Waals surface area (Å²) in [7, 11) is 0. The molecule has 0 aliphatic carbocycles. The summed E-state index contributed by atoms with van der Waals surface area (Å²) in [5.41, 5.74) is -0.709. The zero-order valence-electron chi connectivity index (χ0n) is 8.01. The third kappa shape index (κ3) is 2.66. The number of benzene rings is 1. The van der Waals surface area contributed by atoms with Gasteiger partial charge in [0, 0.05) is 6.07 Å². The second-order valence-electron chi connectivity index (χ2n) is 3.13. The van der Waals surface area contributed by atoms with Crippen LogP contribution in [0.15, 0.2) is 18.2 Å². The number of nitro groups is 1. The number of hydrogen-bond donors (Lipinski definition) is 2. The van der Waals surface area contributed by atoms with Crippen molar-refractivity contribution in [3.63, 3.8) is 0 Å². The number of nitro benzene ring substituents is 1. The van der Waals surface area contributed by atoms with Crippen LogP contribution in [0, 0.1) is 15.9 Å². The van der Waals surface area contributed by atoms with Crippen molar-refractivity contribution < 1.29 is 19.5 Å². The Morgan fingerprint density at radius 3 is 2.62 bits per heavy atom. The lowest BCUT2D eigenvalue weighted by molar-refractivity contribution is -0.387. The van der Waals surface area contributed by atoms with Crippen molar-refractivity contribution in [2.24, 2.45) is 0 Å². The lowest BCUT2D eigenvalue weighted by Crippen LogP contribution is -2.19. The summed E-state index contributed by atoms with van der Waals surface area (Å²) in [5.74, 6) is -1.23. The van der Waals surface area contributed by atoms with E-state index in [4.69, 9.17) is 11.6 Å². The summed E-state index contributed by atoms with van der Waals surface area (Å²) in [6, 6.07) is 2.89. The Hall–Kier alpha value is -1.24. The van der Waals surface area contributed by atoms with Crippen LogP contribution in [0.3, 0.4) is 0 Å². The molecule has 0 heterocycles. The number of aliphatic hydroxyl groups excluding tert-OH is 2. The molecule has 1 aromatic carbocycles. The minimum atomic E-state index is -1.38. The first-order valence-electron chi connectivity index (χ1n) is 4.33. The second kappa shape index (κ2) is 5.20. The number of nitrogens with zero attached hydrogens (tertiary/aromatic N) is 1. The van der Waals surface area contributed by atoms with E-state index >= 15 is 0 Å². The molecule has 0 saturated heterocycles. The van der Waals surface area contributed by atoms with Gasteiger partial charge in [-0.05, 0) is 11.6 Å². The van der Waals surface area contributed by atoms with Gasteiger partial charge in [0.05, 0.1) is 16.9 Å². The Kier molecular flexibility index (Phi) is 4.17. The molecule has 2 N–H and O–H groups in total. The average Bonchev–Trinajstić information content (AvgIpc) is 2.27. The third-order valence-corrected chi connectivity index (χ3v) is 2.35. The highest BCUT2D eigenvalue weighted by Crippen LogP contribution is 2.24. The second-order valence-corrected chi connectivity index (χ2v) is 3.44. The monoisotopic (exact) mass is 249 g/mol. The van der Waals surface area contributed by atoms with Gasteiger partial charge in [-0.15, -0.1) is 11.6 Å². The molecule has 0 fully saturated rings. The summed E-state index contributed by atoms with van der Waals surface area (Å²) in [5, 5.41) is 29.2. The summed E-state index contributed by atoms with van der Waals surface area (Å²) in [4.78, 5) is 9.53. The third-order valence-electron chi connectivity index (χ3n) is 2.03. The molecule has 0 aliphatic heterocycles. The zero-order chi connectivity index (χ0) is 12.3. The molecule has 16 heavy (non-hydrogen) atoms. The van der Waals surface area contributed by atoms with E-state index in [2.05, 4.69) is 0 Å². The summed E-state index contributed by atoms with van der Waals surface area (Å²) in [6.07, 6.45) is -2.64. The largest absolute Gasteiger partial charge is 0.389 e. The minimum absolute atomic E-state index is 0.0428. The van der Waals surface area contributed by atoms with E-state index in [0.29, 0.717) is 0 Å². The Morgan fingerprint density at radius 1 is 1.50 bits per heavy atom. The highest BCUT2D eigenvalue weighted by molar-refractivity contribution is 6.18. The van der Waals surface area contributed by atoms with Crippen LogP contribution in [0.25, 0.3) is 0 Å². The van der Waals surface area contributed by atoms with Gasteiger partial charge in [-0.2, -0.15) is 4.39 Å². The molecule has 0 radical (unpaired) electrons. The maximum Gasteiger partial charge on any atom is 0.305 e. The van der Waals surface area contributed by atoms with Crippen molar-refractivity contribution >= 4 is 17.3 Å². The maximum absolute atomic E-state index is 13.0. The molecule has 5 nitrogen and oxygen atoms in total. The Bertz CT molecular complexity index is 401. The van der Waals surface area contributed by atoms with Crippen LogP contribution in [0.4, 0.5) is 10.1 Å². The summed E-state index contributed by atoms with van der Waals surface area (Å²) >= 11 is 5.31. The molecule has 0 aromatic heterocycles. The molecule has 2 atom stereocenters. The maximum atomic E-state index is 13.0. The standard InChI is InChI=1S/C9H9ClFNO4/c10-4-8(13)9(14)5-1-2-6(11)7(3-5)12(15)16/h1-3,8-9,13-14H,4H2. The highest BCUT2D eigenvalue weighted by Gasteiger charge is 2.22. The first kappa shape index (κ1) is 12.8. The van der Waals surface area contributed by atoms with Crippen LogP contribution in [0.1, 0.15) is 11.7 Å². The molecule has 0 bridgehead atoms. The van der Waals surface area contributed by atoms with E-state index in [-0.39, 0.29) is 11.4 Å². The number of halogens is 2. The van der Waals surface area contributed by atoms with Gasteiger partial charge < -0.3 is 10.2 Å². The number of hydrogen-bond acceptors (Lipinski definition) is 4. The van der Waals surface area contributed by atoms with Crippen LogP contribution >= 0.6 is 11.6 Å². The fourth-order valence-corrected chi connectivity index (χ4v) is 1.33. The number of aliphatic hydroxyl groups is 2. The quantitative estimate of drug-likeness (QED) is 0.480. The van der Waals surface area contributed by atoms with Gasteiger partial charge in [0.15, 0.2) is 0 Å². The normalized spacial score (nSPS) is 14.5. The van der Waals surface area contributed by atoms with Gasteiger partial charge >= 0.3 is 5.69 Å². The smallest absolute Gasteiger partial charge is 0.305 e. The molecular weight excluding hydrogens is 241 g/mol. The van der Waals surface area contributed by atoms with E-state index in [9.17, 15) is 24.7 Å². The molecule has 88 valence electrons. The highest BCUT2D eigenvalue weighted by atomic mass is 35.5. The van der Waals surface area contributed by atoms with Crippen molar-refractivity contribution in [2.45, 2.75) is 12.2 Å². The molecule has 0 saturated carbocycles. The van der Waals surface area contributed by atoms with E-state index in [0.717, 1.165) is 18.2 Å². The first-order chi connectivity index (χ1) is 7.47. The van der Waals surface area contributed by atoms with E-state index in [1.165, 1.54) is 0 Å². The van der Waals surface area contributed by atoms with Gasteiger partial charge in [-0.25, -0.2) is 0 Å². The van der Waals surface area contributed by atoms with Gasteiger partial charge in [-0.3, -0.25) is 10.1 Å².